The van der Waals surface area contributed by atoms with E-state index in [1.807, 2.05) is 13.0 Å². The van der Waals surface area contributed by atoms with Crippen molar-refractivity contribution in [3.8, 4) is 0 Å². The molecule has 2 aromatic carbocycles. The molecule has 2 N–H and O–H groups in total. The molecule has 0 unspecified atom stereocenters. The van der Waals surface area contributed by atoms with Crippen LogP contribution in [0, 0.1) is 6.92 Å². The first-order chi connectivity index (χ1) is 14.2. The molecule has 0 bridgehead atoms. The third-order valence-electron chi connectivity index (χ3n) is 4.75. The lowest BCUT2D eigenvalue weighted by atomic mass is 10.0. The maximum Gasteiger partial charge on any atom is 0.273 e. The number of thiophene rings is 1. The smallest absolute Gasteiger partial charge is 0.273 e. The number of rotatable bonds is 5. The lowest BCUT2D eigenvalue weighted by Gasteiger charge is -2.07. The molecule has 2 aromatic heterocycles. The van der Waals surface area contributed by atoms with Crippen LogP contribution < -0.4 is 4.72 Å². The highest BCUT2D eigenvalue weighted by Gasteiger charge is 2.20. The van der Waals surface area contributed by atoms with Gasteiger partial charge in [0.05, 0.1) is 0 Å². The van der Waals surface area contributed by atoms with E-state index in [0.29, 0.717) is 16.5 Å². The van der Waals surface area contributed by atoms with Gasteiger partial charge in [-0.1, -0.05) is 35.3 Å². The van der Waals surface area contributed by atoms with Gasteiger partial charge in [-0.3, -0.25) is 4.79 Å². The van der Waals surface area contributed by atoms with Crippen LogP contribution in [0.2, 0.25) is 10.0 Å². The predicted octanol–water partition coefficient (Wildman–Crippen LogP) is 5.55. The fourth-order valence-corrected chi connectivity index (χ4v) is 5.70. The Kier molecular flexibility index (Phi) is 5.63. The van der Waals surface area contributed by atoms with Gasteiger partial charge in [0.25, 0.3) is 15.9 Å². The summed E-state index contributed by atoms with van der Waals surface area (Å²) in [4.78, 5) is 15.9. The van der Waals surface area contributed by atoms with E-state index in [2.05, 4.69) is 9.71 Å². The molecule has 0 fully saturated rings. The number of nitrogens with one attached hydrogen (secondary N) is 2. The van der Waals surface area contributed by atoms with Crippen LogP contribution in [0.1, 0.15) is 27.2 Å². The Hall–Kier alpha value is -2.32. The number of aromatic amines is 1. The highest BCUT2D eigenvalue weighted by molar-refractivity contribution is 7.92. The van der Waals surface area contributed by atoms with E-state index in [9.17, 15) is 13.2 Å². The Morgan fingerprint density at radius 3 is 2.63 bits per heavy atom. The molecule has 0 aliphatic rings. The molecule has 0 atom stereocenters. The number of carbonyl (C=O) groups is 1. The van der Waals surface area contributed by atoms with Crippen molar-refractivity contribution in [3.63, 3.8) is 0 Å². The molecule has 0 aliphatic heterocycles. The molecule has 0 radical (unpaired) electrons. The third kappa shape index (κ3) is 4.11. The Morgan fingerprint density at radius 2 is 1.93 bits per heavy atom. The highest BCUT2D eigenvalue weighted by Crippen LogP contribution is 2.29. The van der Waals surface area contributed by atoms with Gasteiger partial charge in [0.2, 0.25) is 0 Å². The summed E-state index contributed by atoms with van der Waals surface area (Å²) in [5, 5.41) is 3.60. The number of hydrogen-bond acceptors (Lipinski definition) is 4. The number of amides is 1. The lowest BCUT2D eigenvalue weighted by molar-refractivity contribution is 0.0981. The van der Waals surface area contributed by atoms with E-state index >= 15 is 0 Å². The number of carbonyl (C=O) groups excluding carboxylic acids is 1. The molecule has 2 heterocycles. The van der Waals surface area contributed by atoms with Gasteiger partial charge in [-0.2, -0.15) is 0 Å². The molecule has 1 amide bonds. The summed E-state index contributed by atoms with van der Waals surface area (Å²) < 4.78 is 26.9. The first kappa shape index (κ1) is 20.9. The van der Waals surface area contributed by atoms with Crippen molar-refractivity contribution in [3.05, 3.63) is 86.3 Å². The van der Waals surface area contributed by atoms with Crippen LogP contribution >= 0.6 is 34.5 Å². The van der Waals surface area contributed by atoms with E-state index < -0.39 is 15.9 Å². The molecule has 4 aromatic rings. The number of sulfonamides is 1. The second kappa shape index (κ2) is 8.07. The second-order valence-electron chi connectivity index (χ2n) is 6.77. The van der Waals surface area contributed by atoms with Gasteiger partial charge in [-0.25, -0.2) is 13.1 Å². The Morgan fingerprint density at radius 1 is 1.13 bits per heavy atom. The van der Waals surface area contributed by atoms with Crippen molar-refractivity contribution in [2.24, 2.45) is 0 Å². The number of fused-ring (bicyclic) bond motifs is 1. The van der Waals surface area contributed by atoms with Crippen molar-refractivity contribution in [1.29, 1.82) is 0 Å². The van der Waals surface area contributed by atoms with Crippen LogP contribution in [0.15, 0.2) is 58.1 Å². The molecule has 0 spiro atoms. The van der Waals surface area contributed by atoms with E-state index in [-0.39, 0.29) is 9.77 Å². The third-order valence-corrected chi connectivity index (χ3v) is 8.07. The largest absolute Gasteiger partial charge is 0.358 e. The maximum atomic E-state index is 12.6. The van der Waals surface area contributed by atoms with Gasteiger partial charge in [-0.05, 0) is 59.8 Å². The van der Waals surface area contributed by atoms with Gasteiger partial charge in [0, 0.05) is 38.6 Å². The first-order valence-electron chi connectivity index (χ1n) is 8.90. The summed E-state index contributed by atoms with van der Waals surface area (Å²) >= 11 is 13.4. The van der Waals surface area contributed by atoms with Crippen LogP contribution in [0.25, 0.3) is 10.9 Å². The average molecular weight is 479 g/mol. The molecule has 154 valence electrons. The SMILES string of the molecule is Cc1[nH]c2ccc(C(=O)NS(=O)(=O)c3cccs3)cc2c1Cc1ccc(Cl)cc1Cl. The number of halogens is 2. The number of hydrogen-bond donors (Lipinski definition) is 2. The Balaban J connectivity index is 1.68. The van der Waals surface area contributed by atoms with Gasteiger partial charge >= 0.3 is 0 Å². The summed E-state index contributed by atoms with van der Waals surface area (Å²) in [6.45, 7) is 1.94. The summed E-state index contributed by atoms with van der Waals surface area (Å²) in [7, 11) is -3.90. The molecule has 5 nitrogen and oxygen atoms in total. The van der Waals surface area contributed by atoms with Crippen molar-refractivity contribution in [1.82, 2.24) is 9.71 Å². The van der Waals surface area contributed by atoms with Gasteiger partial charge in [0.15, 0.2) is 0 Å². The highest BCUT2D eigenvalue weighted by atomic mass is 35.5. The maximum absolute atomic E-state index is 12.6. The summed E-state index contributed by atoms with van der Waals surface area (Å²) in [6, 6.07) is 13.5. The average Bonchev–Trinajstić information content (AvgIpc) is 3.32. The normalized spacial score (nSPS) is 11.7. The zero-order chi connectivity index (χ0) is 21.5. The topological polar surface area (TPSA) is 79.0 Å². The van der Waals surface area contributed by atoms with Gasteiger partial charge < -0.3 is 4.98 Å². The Bertz CT molecular complexity index is 1360. The molecule has 9 heteroatoms. The molecule has 30 heavy (non-hydrogen) atoms. The monoisotopic (exact) mass is 478 g/mol. The molecule has 0 aliphatic carbocycles. The quantitative estimate of drug-likeness (QED) is 0.394. The fourth-order valence-electron chi connectivity index (χ4n) is 3.25. The molecular formula is C21H16Cl2N2O3S2. The summed E-state index contributed by atoms with van der Waals surface area (Å²) in [5.74, 6) is -0.681. The minimum absolute atomic E-state index is 0.0903. The van der Waals surface area contributed by atoms with Crippen molar-refractivity contribution in [2.75, 3.05) is 0 Å². The standard InChI is InChI=1S/C21H16Cl2N2O3S2/c1-12-16(9-13-4-6-15(22)11-18(13)23)17-10-14(5-7-19(17)24-12)21(26)25-30(27,28)20-3-2-8-29-20/h2-8,10-11,24H,9H2,1H3,(H,25,26). The van der Waals surface area contributed by atoms with Crippen molar-refractivity contribution < 1.29 is 13.2 Å². The van der Waals surface area contributed by atoms with E-state index in [0.717, 1.165) is 39.1 Å². The molecular weight excluding hydrogens is 463 g/mol. The van der Waals surface area contributed by atoms with E-state index in [4.69, 9.17) is 23.2 Å². The molecule has 0 saturated carbocycles. The zero-order valence-electron chi connectivity index (χ0n) is 15.7. The van der Waals surface area contributed by atoms with Crippen LogP contribution in [0.5, 0.6) is 0 Å². The van der Waals surface area contributed by atoms with E-state index in [1.54, 1.807) is 41.8 Å². The Labute approximate surface area is 187 Å². The number of benzene rings is 2. The number of aromatic nitrogens is 1. The van der Waals surface area contributed by atoms with Gasteiger partial charge in [0.1, 0.15) is 4.21 Å². The van der Waals surface area contributed by atoms with Crippen LogP contribution in [0.4, 0.5) is 0 Å². The summed E-state index contributed by atoms with van der Waals surface area (Å²) in [6.07, 6.45) is 0.542. The van der Waals surface area contributed by atoms with Crippen LogP contribution in [0.3, 0.4) is 0 Å². The van der Waals surface area contributed by atoms with E-state index in [1.165, 1.54) is 6.07 Å². The minimum Gasteiger partial charge on any atom is -0.358 e. The predicted molar refractivity (Wildman–Crippen MR) is 121 cm³/mol. The lowest BCUT2D eigenvalue weighted by Crippen LogP contribution is -2.30. The van der Waals surface area contributed by atoms with Crippen LogP contribution in [-0.2, 0) is 16.4 Å². The number of aryl methyl sites for hydroxylation is 1. The second-order valence-corrected chi connectivity index (χ2v) is 10.5. The minimum atomic E-state index is -3.90. The van der Waals surface area contributed by atoms with Crippen molar-refractivity contribution >= 4 is 61.4 Å². The zero-order valence-corrected chi connectivity index (χ0v) is 18.8. The fraction of sp³-hybridized carbons (Fsp3) is 0.0952. The van der Waals surface area contributed by atoms with Crippen LogP contribution in [-0.4, -0.2) is 19.3 Å². The first-order valence-corrected chi connectivity index (χ1v) is 12.0. The van der Waals surface area contributed by atoms with Crippen molar-refractivity contribution in [2.45, 2.75) is 17.6 Å². The van der Waals surface area contributed by atoms with Gasteiger partial charge in [-0.15, -0.1) is 11.3 Å². The molecule has 4 rings (SSSR count). The summed E-state index contributed by atoms with van der Waals surface area (Å²) in [5.41, 5.74) is 3.93. The molecule has 0 saturated heterocycles. The number of H-pyrrole nitrogens is 1.